The molecule has 1 aliphatic heterocycles. The van der Waals surface area contributed by atoms with E-state index in [9.17, 15) is 17.2 Å². The van der Waals surface area contributed by atoms with Crippen LogP contribution in [0.3, 0.4) is 0 Å². The lowest BCUT2D eigenvalue weighted by molar-refractivity contribution is 0.260. The zero-order valence-corrected chi connectivity index (χ0v) is 23.2. The van der Waals surface area contributed by atoms with E-state index in [2.05, 4.69) is 44.8 Å². The van der Waals surface area contributed by atoms with Crippen LogP contribution in [0, 0.1) is 34.0 Å². The molecule has 0 saturated heterocycles. The fourth-order valence-electron chi connectivity index (χ4n) is 4.96. The smallest absolute Gasteiger partial charge is 0.103 e. The Morgan fingerprint density at radius 2 is 1.83 bits per heavy atom. The Morgan fingerprint density at radius 3 is 2.57 bits per heavy atom. The van der Waals surface area contributed by atoms with Crippen molar-refractivity contribution in [1.82, 2.24) is 21.0 Å². The Kier molecular flexibility index (Phi) is 7.15. The molecule has 6 rings (SSSR count). The van der Waals surface area contributed by atoms with Crippen LogP contribution in [0.5, 0.6) is 0 Å². The van der Waals surface area contributed by atoms with Gasteiger partial charge in [-0.3, -0.25) is 9.99 Å². The monoisotopic (exact) mass is 572 g/mol. The van der Waals surface area contributed by atoms with E-state index in [1.54, 1.807) is 36.4 Å². The van der Waals surface area contributed by atoms with Crippen LogP contribution in [0.2, 0.25) is 5.02 Å². The van der Waals surface area contributed by atoms with E-state index in [4.69, 9.17) is 11.6 Å². The average molecular weight is 573 g/mol. The van der Waals surface area contributed by atoms with Gasteiger partial charge in [0.25, 0.3) is 0 Å². The molecule has 4 aromatic rings. The SMILES string of the molecule is [2H]C(Nc1cc(Cl)c2ncc(C#N)c(N[C@H](CC#N)c3ccccc3)c2c1)(C1=CN(C2CC2)NN1)c1cccc(C#N)c1. The van der Waals surface area contributed by atoms with Crippen molar-refractivity contribution in [3.63, 3.8) is 0 Å². The summed E-state index contributed by atoms with van der Waals surface area (Å²) in [5, 5.41) is 38.7. The second kappa shape index (κ2) is 11.7. The fraction of sp³-hybridized carbons (Fsp3) is 0.188. The minimum atomic E-state index is -1.55. The van der Waals surface area contributed by atoms with Gasteiger partial charge in [0.05, 0.1) is 65.0 Å². The van der Waals surface area contributed by atoms with Gasteiger partial charge in [-0.2, -0.15) is 15.8 Å². The summed E-state index contributed by atoms with van der Waals surface area (Å²) in [5.41, 5.74) is 10.4. The zero-order chi connectivity index (χ0) is 30.0. The Labute approximate surface area is 250 Å². The van der Waals surface area contributed by atoms with Crippen molar-refractivity contribution in [3.05, 3.63) is 112 Å². The van der Waals surface area contributed by atoms with Crippen LogP contribution in [0.25, 0.3) is 10.9 Å². The largest absolute Gasteiger partial charge is 0.376 e. The van der Waals surface area contributed by atoms with Crippen LogP contribution in [0.15, 0.2) is 84.8 Å². The quantitative estimate of drug-likeness (QED) is 0.185. The molecule has 4 N–H and O–H groups in total. The van der Waals surface area contributed by atoms with E-state index < -0.39 is 12.1 Å². The van der Waals surface area contributed by atoms with E-state index in [1.807, 2.05) is 41.5 Å². The van der Waals surface area contributed by atoms with Crippen LogP contribution in [-0.2, 0) is 0 Å². The number of fused-ring (bicyclic) bond motifs is 1. The third kappa shape index (κ3) is 5.50. The fourth-order valence-corrected chi connectivity index (χ4v) is 5.23. The minimum absolute atomic E-state index is 0.166. The van der Waals surface area contributed by atoms with Gasteiger partial charge in [0.15, 0.2) is 0 Å². The standard InChI is InChI=1S/C32H26ClN9/c33-27-15-24(38-31(22-8-4-5-20(13-22)16-35)29-19-42(41-40-29)25-9-10-25)14-26-30(23(17-36)18-37-32(26)27)39-28(11-12-34)21-6-2-1-3-7-21/h1-8,13-15,18-19,25,28,31,38,40-41H,9-11H2,(H,37,39)/t28-,31?/m1/s1/i31D. The summed E-state index contributed by atoms with van der Waals surface area (Å²) in [4.78, 5) is 4.46. The van der Waals surface area contributed by atoms with Gasteiger partial charge in [-0.1, -0.05) is 54.1 Å². The molecule has 3 aromatic carbocycles. The number of hydrazine groups is 2. The Bertz CT molecular complexity index is 1850. The lowest BCUT2D eigenvalue weighted by Crippen LogP contribution is -2.38. The molecule has 0 bridgehead atoms. The highest BCUT2D eigenvalue weighted by molar-refractivity contribution is 6.35. The minimum Gasteiger partial charge on any atom is -0.376 e. The lowest BCUT2D eigenvalue weighted by atomic mass is 10.0. The summed E-state index contributed by atoms with van der Waals surface area (Å²) in [5.74, 6) is 0. The van der Waals surface area contributed by atoms with Crippen LogP contribution in [-0.4, -0.2) is 16.0 Å². The van der Waals surface area contributed by atoms with E-state index in [0.29, 0.717) is 55.7 Å². The summed E-state index contributed by atoms with van der Waals surface area (Å²) in [7, 11) is 0. The number of nitrogens with one attached hydrogen (secondary N) is 4. The predicted molar refractivity (Wildman–Crippen MR) is 161 cm³/mol. The number of aromatic nitrogens is 1. The molecular formula is C32H26ClN9. The van der Waals surface area contributed by atoms with Crippen LogP contribution >= 0.6 is 11.6 Å². The Morgan fingerprint density at radius 1 is 1.02 bits per heavy atom. The predicted octanol–water partition coefficient (Wildman–Crippen LogP) is 6.18. The van der Waals surface area contributed by atoms with Crippen molar-refractivity contribution in [1.29, 1.82) is 15.8 Å². The molecule has 2 heterocycles. The third-order valence-electron chi connectivity index (χ3n) is 7.21. The van der Waals surface area contributed by atoms with Gasteiger partial charge in [0, 0.05) is 29.5 Å². The summed E-state index contributed by atoms with van der Waals surface area (Å²) in [6.07, 6.45) is 5.61. The molecule has 0 spiro atoms. The van der Waals surface area contributed by atoms with Gasteiger partial charge < -0.3 is 16.1 Å². The Hall–Kier alpha value is -5.27. The molecule has 2 aliphatic rings. The lowest BCUT2D eigenvalue weighted by Gasteiger charge is -2.23. The number of nitrogens with zero attached hydrogens (tertiary/aromatic N) is 5. The van der Waals surface area contributed by atoms with Crippen LogP contribution < -0.4 is 21.6 Å². The number of rotatable bonds is 9. The molecule has 9 nitrogen and oxygen atoms in total. The molecule has 1 aromatic heterocycles. The topological polar surface area (TPSA) is 136 Å². The van der Waals surface area contributed by atoms with Gasteiger partial charge in [-0.15, -0.1) is 5.53 Å². The number of hydrogen-bond acceptors (Lipinski definition) is 9. The summed E-state index contributed by atoms with van der Waals surface area (Å²) in [6.45, 7) is 0. The van der Waals surface area contributed by atoms with Crippen LogP contribution in [0.1, 0.15) is 54.9 Å². The maximum absolute atomic E-state index is 10.0. The summed E-state index contributed by atoms with van der Waals surface area (Å²) >= 11 is 6.78. The molecular weight excluding hydrogens is 546 g/mol. The van der Waals surface area contributed by atoms with Crippen molar-refractivity contribution in [3.8, 4) is 18.2 Å². The van der Waals surface area contributed by atoms with E-state index in [1.165, 1.54) is 6.20 Å². The second-order valence-electron chi connectivity index (χ2n) is 10.1. The number of benzene rings is 3. The highest BCUT2D eigenvalue weighted by atomic mass is 35.5. The normalized spacial score (nSPS) is 16.6. The van der Waals surface area contributed by atoms with Gasteiger partial charge in [-0.25, -0.2) is 0 Å². The maximum Gasteiger partial charge on any atom is 0.103 e. The number of hydrogen-bond donors (Lipinski definition) is 4. The molecule has 1 unspecified atom stereocenters. The summed E-state index contributed by atoms with van der Waals surface area (Å²) < 4.78 is 9.73. The molecule has 206 valence electrons. The van der Waals surface area contributed by atoms with Gasteiger partial charge >= 0.3 is 0 Å². The first-order valence-corrected chi connectivity index (χ1v) is 13.8. The second-order valence-corrected chi connectivity index (χ2v) is 10.5. The number of pyridine rings is 1. The van der Waals surface area contributed by atoms with Gasteiger partial charge in [0.2, 0.25) is 0 Å². The van der Waals surface area contributed by atoms with E-state index in [0.717, 1.165) is 18.4 Å². The molecule has 42 heavy (non-hydrogen) atoms. The Balaban J connectivity index is 1.46. The van der Waals surface area contributed by atoms with Crippen molar-refractivity contribution >= 4 is 33.9 Å². The average Bonchev–Trinajstić information content (AvgIpc) is 3.76. The van der Waals surface area contributed by atoms with E-state index >= 15 is 0 Å². The van der Waals surface area contributed by atoms with Gasteiger partial charge in [-0.05, 0) is 48.2 Å². The van der Waals surface area contributed by atoms with Crippen molar-refractivity contribution in [2.75, 3.05) is 10.6 Å². The third-order valence-corrected chi connectivity index (χ3v) is 7.50. The first-order valence-electron chi connectivity index (χ1n) is 14.0. The van der Waals surface area contributed by atoms with Crippen LogP contribution in [0.4, 0.5) is 11.4 Å². The maximum atomic E-state index is 10.0. The number of nitriles is 3. The first-order chi connectivity index (χ1) is 20.9. The molecule has 1 saturated carbocycles. The molecule has 0 radical (unpaired) electrons. The highest BCUT2D eigenvalue weighted by Crippen LogP contribution is 2.38. The number of anilines is 2. The molecule has 1 aliphatic carbocycles. The first kappa shape index (κ1) is 25.7. The molecule has 2 atom stereocenters. The highest BCUT2D eigenvalue weighted by Gasteiger charge is 2.32. The zero-order valence-electron chi connectivity index (χ0n) is 23.4. The van der Waals surface area contributed by atoms with Crippen molar-refractivity contribution in [2.45, 2.75) is 37.4 Å². The van der Waals surface area contributed by atoms with Crippen molar-refractivity contribution in [2.24, 2.45) is 0 Å². The molecule has 10 heteroatoms. The van der Waals surface area contributed by atoms with E-state index in [-0.39, 0.29) is 6.42 Å². The molecule has 0 amide bonds. The summed E-state index contributed by atoms with van der Waals surface area (Å²) in [6, 6.07) is 25.0. The van der Waals surface area contributed by atoms with Crippen molar-refractivity contribution < 1.29 is 1.37 Å². The molecule has 1 fully saturated rings. The number of halogens is 1. The van der Waals surface area contributed by atoms with Gasteiger partial charge in [0.1, 0.15) is 6.07 Å².